The zero-order valence-corrected chi connectivity index (χ0v) is 19.8. The Kier molecular flexibility index (Phi) is 8.69. The van der Waals surface area contributed by atoms with E-state index >= 15 is 0 Å². The summed E-state index contributed by atoms with van der Waals surface area (Å²) in [5.41, 5.74) is 0.908. The monoisotopic (exact) mass is 443 g/mol. The van der Waals surface area contributed by atoms with E-state index in [2.05, 4.69) is 43.9 Å². The molecule has 1 aliphatic rings. The van der Waals surface area contributed by atoms with Crippen LogP contribution in [0.2, 0.25) is 19.6 Å². The normalized spacial score (nSPS) is 15.7. The Hall–Kier alpha value is -0.319. The Morgan fingerprint density at radius 3 is 2.35 bits per heavy atom. The van der Waals surface area contributed by atoms with Crippen LogP contribution in [0.1, 0.15) is 37.7 Å². The summed E-state index contributed by atoms with van der Waals surface area (Å²) in [4.78, 5) is 4.82. The molecule has 0 aromatic heterocycles. The van der Waals surface area contributed by atoms with Gasteiger partial charge >= 0.3 is 35.6 Å². The average molecular weight is 444 g/mol. The molecule has 1 saturated carbocycles. The standard InChI is InChI=1S/C20H27NOSi.2ClH.Ti/c1-23(2,3)19-13-15-9-7-8-12-17(15)18(20(19)22)14-21-16-10-5-4-6-11-16;;;/h7-9,12-14,16,22H,4-6,10-11H2,1-3H3;2*1H;/q;;;+2/p-2. The molecule has 0 bridgehead atoms. The number of phenolic OH excluding ortho intramolecular Hbond substituents is 1. The van der Waals surface area contributed by atoms with Gasteiger partial charge in [0, 0.05) is 17.8 Å². The van der Waals surface area contributed by atoms with Gasteiger partial charge in [-0.1, -0.05) is 69.2 Å². The predicted octanol–water partition coefficient (Wildman–Crippen LogP) is 6.22. The zero-order chi connectivity index (χ0) is 19.2. The second-order valence-corrected chi connectivity index (χ2v) is 15.4. The summed E-state index contributed by atoms with van der Waals surface area (Å²) in [5.74, 6) is 0.447. The third-order valence-corrected chi connectivity index (χ3v) is 6.86. The van der Waals surface area contributed by atoms with Gasteiger partial charge in [0.15, 0.2) is 0 Å². The number of hydrogen-bond acceptors (Lipinski definition) is 2. The summed E-state index contributed by atoms with van der Waals surface area (Å²) in [6.45, 7) is 6.83. The zero-order valence-electron chi connectivity index (χ0n) is 15.7. The van der Waals surface area contributed by atoms with E-state index in [1.165, 1.54) is 37.5 Å². The molecule has 0 unspecified atom stereocenters. The van der Waals surface area contributed by atoms with Crippen LogP contribution >= 0.6 is 18.6 Å². The van der Waals surface area contributed by atoms with Gasteiger partial charge in [-0.15, -0.1) is 0 Å². The second kappa shape index (κ2) is 10.3. The fourth-order valence-electron chi connectivity index (χ4n) is 3.48. The quantitative estimate of drug-likeness (QED) is 0.443. The molecule has 0 atom stereocenters. The van der Waals surface area contributed by atoms with Crippen LogP contribution in [0.4, 0.5) is 0 Å². The van der Waals surface area contributed by atoms with Crippen LogP contribution in [0.15, 0.2) is 35.3 Å². The molecule has 26 heavy (non-hydrogen) atoms. The van der Waals surface area contributed by atoms with Crippen molar-refractivity contribution in [1.82, 2.24) is 0 Å². The number of aliphatic imine (C=N–C) groups is 1. The number of aromatic hydroxyl groups is 1. The van der Waals surface area contributed by atoms with Gasteiger partial charge in [0.1, 0.15) is 5.75 Å². The molecule has 0 heterocycles. The Morgan fingerprint density at radius 1 is 1.12 bits per heavy atom. The summed E-state index contributed by atoms with van der Waals surface area (Å²) in [5, 5.41) is 14.3. The van der Waals surface area contributed by atoms with Gasteiger partial charge < -0.3 is 5.11 Å². The SMILES string of the molecule is C[Si](C)(C)c1cc2ccccc2c(C=NC2CCCCC2)c1O.[Cl][Ti][Cl]. The first kappa shape index (κ1) is 22.0. The molecule has 0 spiro atoms. The molecule has 1 fully saturated rings. The van der Waals surface area contributed by atoms with Gasteiger partial charge in [-0.2, -0.15) is 0 Å². The van der Waals surface area contributed by atoms with Crippen LogP contribution in [0, 0.1) is 0 Å². The third-order valence-electron chi connectivity index (χ3n) is 4.86. The van der Waals surface area contributed by atoms with E-state index in [0.29, 0.717) is 11.8 Å². The summed E-state index contributed by atoms with van der Waals surface area (Å²) in [6.07, 6.45) is 8.21. The molecule has 1 N–H and O–H groups in total. The molecule has 6 heteroatoms. The number of nitrogens with zero attached hydrogens (tertiary/aromatic N) is 1. The Morgan fingerprint density at radius 2 is 1.73 bits per heavy atom. The van der Waals surface area contributed by atoms with Gasteiger partial charge in [0.2, 0.25) is 0 Å². The fourth-order valence-corrected chi connectivity index (χ4v) is 4.91. The van der Waals surface area contributed by atoms with Gasteiger partial charge in [0.25, 0.3) is 0 Å². The van der Waals surface area contributed by atoms with Crippen LogP contribution < -0.4 is 5.19 Å². The maximum atomic E-state index is 10.9. The summed E-state index contributed by atoms with van der Waals surface area (Å²) < 4.78 is 0. The van der Waals surface area contributed by atoms with Crippen LogP contribution in [-0.2, 0) is 17.0 Å². The maximum absolute atomic E-state index is 10.9. The number of phenols is 1. The predicted molar refractivity (Wildman–Crippen MR) is 115 cm³/mol. The third kappa shape index (κ3) is 5.84. The summed E-state index contributed by atoms with van der Waals surface area (Å²) >= 11 is -0.556. The molecular formula is C20H27Cl2NOSiTi. The van der Waals surface area contributed by atoms with Crippen LogP contribution in [-0.4, -0.2) is 25.4 Å². The molecule has 2 nitrogen and oxygen atoms in total. The minimum atomic E-state index is -1.61. The molecule has 3 rings (SSSR count). The fraction of sp³-hybridized carbons (Fsp3) is 0.450. The van der Waals surface area contributed by atoms with E-state index < -0.39 is 25.1 Å². The van der Waals surface area contributed by atoms with Gasteiger partial charge in [0.05, 0.1) is 8.07 Å². The Balaban J connectivity index is 0.000000758. The van der Waals surface area contributed by atoms with Gasteiger partial charge in [-0.25, -0.2) is 0 Å². The number of fused-ring (bicyclic) bond motifs is 1. The summed E-state index contributed by atoms with van der Waals surface area (Å²) in [6, 6.07) is 10.9. The van der Waals surface area contributed by atoms with Gasteiger partial charge in [-0.05, 0) is 28.8 Å². The molecule has 2 aromatic rings. The minimum absolute atomic E-state index is 0.428. The first-order valence-corrected chi connectivity index (χ1v) is 16.9. The first-order valence-electron chi connectivity index (χ1n) is 9.13. The van der Waals surface area contributed by atoms with Crippen LogP contribution in [0.5, 0.6) is 5.75 Å². The number of halogens is 2. The van der Waals surface area contributed by atoms with E-state index in [-0.39, 0.29) is 0 Å². The molecule has 0 aliphatic heterocycles. The number of hydrogen-bond donors (Lipinski definition) is 1. The van der Waals surface area contributed by atoms with Crippen molar-refractivity contribution in [3.63, 3.8) is 0 Å². The molecule has 0 saturated heterocycles. The van der Waals surface area contributed by atoms with E-state index in [9.17, 15) is 5.11 Å². The topological polar surface area (TPSA) is 32.6 Å². The molecular weight excluding hydrogens is 417 g/mol. The number of rotatable bonds is 3. The van der Waals surface area contributed by atoms with E-state index in [1.807, 2.05) is 12.3 Å². The van der Waals surface area contributed by atoms with Crippen molar-refractivity contribution in [3.8, 4) is 5.75 Å². The molecule has 0 amide bonds. The van der Waals surface area contributed by atoms with Crippen molar-refractivity contribution in [2.45, 2.75) is 57.8 Å². The Labute approximate surface area is 174 Å². The molecule has 1 aliphatic carbocycles. The van der Waals surface area contributed by atoms with Crippen molar-refractivity contribution in [2.24, 2.45) is 4.99 Å². The van der Waals surface area contributed by atoms with Crippen LogP contribution in [0.3, 0.4) is 0 Å². The molecule has 2 aromatic carbocycles. The van der Waals surface area contributed by atoms with Gasteiger partial charge in [-0.3, -0.25) is 4.99 Å². The van der Waals surface area contributed by atoms with Crippen molar-refractivity contribution >= 4 is 48.9 Å². The first-order chi connectivity index (χ1) is 12.4. The van der Waals surface area contributed by atoms with Crippen molar-refractivity contribution in [3.05, 3.63) is 35.9 Å². The van der Waals surface area contributed by atoms with Crippen molar-refractivity contribution in [2.75, 3.05) is 0 Å². The molecule has 0 radical (unpaired) electrons. The van der Waals surface area contributed by atoms with E-state index in [0.717, 1.165) is 16.1 Å². The van der Waals surface area contributed by atoms with Crippen molar-refractivity contribution < 1.29 is 22.1 Å². The summed E-state index contributed by atoms with van der Waals surface area (Å²) in [7, 11) is 8.17. The molecule has 140 valence electrons. The van der Waals surface area contributed by atoms with E-state index in [4.69, 9.17) is 23.6 Å². The van der Waals surface area contributed by atoms with E-state index in [1.54, 1.807) is 0 Å². The Bertz CT molecular complexity index is 755. The number of benzene rings is 2. The second-order valence-electron chi connectivity index (χ2n) is 7.80. The van der Waals surface area contributed by atoms with Crippen LogP contribution in [0.25, 0.3) is 10.8 Å². The van der Waals surface area contributed by atoms with Crippen molar-refractivity contribution in [1.29, 1.82) is 0 Å². The average Bonchev–Trinajstić information content (AvgIpc) is 2.61.